The standard InChI is InChI=1S/C26H26BrN3O3S/c1-16(2)15-33-23-12-9-19(14-21(23)27)25(32)30-26(34)28-20-10-11-22(17(3)13-20)29-24(31)18-7-5-4-6-8-18/h4-14,16H,15H2,1-3H3,(H,29,31)(H2,28,30,32,34). The minimum absolute atomic E-state index is 0.168. The highest BCUT2D eigenvalue weighted by Crippen LogP contribution is 2.26. The van der Waals surface area contributed by atoms with E-state index in [-0.39, 0.29) is 16.9 Å². The monoisotopic (exact) mass is 539 g/mol. The molecule has 0 atom stereocenters. The number of hydrogen-bond acceptors (Lipinski definition) is 4. The third-order valence-corrected chi connectivity index (χ3v) is 5.59. The number of amides is 2. The number of halogens is 1. The van der Waals surface area contributed by atoms with Gasteiger partial charge in [-0.2, -0.15) is 0 Å². The van der Waals surface area contributed by atoms with E-state index in [0.717, 1.165) is 5.56 Å². The van der Waals surface area contributed by atoms with Gasteiger partial charge in [0.05, 0.1) is 11.1 Å². The van der Waals surface area contributed by atoms with Crippen molar-refractivity contribution in [3.8, 4) is 5.75 Å². The summed E-state index contributed by atoms with van der Waals surface area (Å²) in [6.45, 7) is 6.61. The largest absolute Gasteiger partial charge is 0.492 e. The molecule has 8 heteroatoms. The van der Waals surface area contributed by atoms with Gasteiger partial charge in [0.1, 0.15) is 5.75 Å². The fourth-order valence-corrected chi connectivity index (χ4v) is 3.72. The Hall–Kier alpha value is -3.23. The fraction of sp³-hybridized carbons (Fsp3) is 0.192. The normalized spacial score (nSPS) is 10.5. The molecule has 176 valence electrons. The molecule has 0 bridgehead atoms. The van der Waals surface area contributed by atoms with Gasteiger partial charge in [0.25, 0.3) is 11.8 Å². The van der Waals surface area contributed by atoms with Gasteiger partial charge in [-0.1, -0.05) is 32.0 Å². The number of rotatable bonds is 7. The van der Waals surface area contributed by atoms with Crippen LogP contribution in [0.15, 0.2) is 71.2 Å². The van der Waals surface area contributed by atoms with Gasteiger partial charge in [-0.05, 0) is 95.1 Å². The molecule has 0 aliphatic carbocycles. The summed E-state index contributed by atoms with van der Waals surface area (Å²) in [5.74, 6) is 0.563. The molecule has 0 aliphatic heterocycles. The summed E-state index contributed by atoms with van der Waals surface area (Å²) >= 11 is 8.75. The number of anilines is 2. The summed E-state index contributed by atoms with van der Waals surface area (Å²) < 4.78 is 6.42. The van der Waals surface area contributed by atoms with E-state index >= 15 is 0 Å². The average Bonchev–Trinajstić information content (AvgIpc) is 2.80. The highest BCUT2D eigenvalue weighted by atomic mass is 79.9. The molecule has 3 aromatic carbocycles. The second-order valence-corrected chi connectivity index (χ2v) is 9.37. The van der Waals surface area contributed by atoms with Crippen molar-refractivity contribution < 1.29 is 14.3 Å². The molecular weight excluding hydrogens is 514 g/mol. The van der Waals surface area contributed by atoms with Crippen LogP contribution in [0.1, 0.15) is 40.1 Å². The van der Waals surface area contributed by atoms with Crippen LogP contribution in [-0.2, 0) is 0 Å². The van der Waals surface area contributed by atoms with Gasteiger partial charge in [-0.25, -0.2) is 0 Å². The van der Waals surface area contributed by atoms with Crippen LogP contribution in [0, 0.1) is 12.8 Å². The highest BCUT2D eigenvalue weighted by molar-refractivity contribution is 9.10. The summed E-state index contributed by atoms with van der Waals surface area (Å²) in [6.07, 6.45) is 0. The van der Waals surface area contributed by atoms with Crippen molar-refractivity contribution in [3.63, 3.8) is 0 Å². The maximum atomic E-state index is 12.6. The molecule has 2 amide bonds. The zero-order chi connectivity index (χ0) is 24.7. The first-order valence-corrected chi connectivity index (χ1v) is 11.9. The Balaban J connectivity index is 1.58. The molecule has 6 nitrogen and oxygen atoms in total. The molecule has 0 saturated carbocycles. The summed E-state index contributed by atoms with van der Waals surface area (Å²) in [6, 6.07) is 19.6. The van der Waals surface area contributed by atoms with Crippen LogP contribution < -0.4 is 20.7 Å². The molecule has 34 heavy (non-hydrogen) atoms. The smallest absolute Gasteiger partial charge is 0.257 e. The number of carbonyl (C=O) groups is 2. The fourth-order valence-electron chi connectivity index (χ4n) is 3.02. The number of hydrogen-bond donors (Lipinski definition) is 3. The number of benzene rings is 3. The number of ether oxygens (including phenoxy) is 1. The Kier molecular flexibility index (Phi) is 8.79. The quantitative estimate of drug-likeness (QED) is 0.313. The van der Waals surface area contributed by atoms with Crippen LogP contribution >= 0.6 is 28.1 Å². The van der Waals surface area contributed by atoms with Crippen molar-refractivity contribution in [3.05, 3.63) is 87.9 Å². The van der Waals surface area contributed by atoms with E-state index in [1.54, 1.807) is 42.5 Å². The first-order valence-electron chi connectivity index (χ1n) is 10.7. The van der Waals surface area contributed by atoms with Crippen LogP contribution in [-0.4, -0.2) is 23.5 Å². The van der Waals surface area contributed by atoms with Crippen molar-refractivity contribution in [1.29, 1.82) is 0 Å². The van der Waals surface area contributed by atoms with E-state index in [0.29, 0.717) is 45.2 Å². The van der Waals surface area contributed by atoms with Crippen LogP contribution in [0.4, 0.5) is 11.4 Å². The molecule has 0 unspecified atom stereocenters. The average molecular weight is 540 g/mol. The SMILES string of the molecule is Cc1cc(NC(=S)NC(=O)c2ccc(OCC(C)C)c(Br)c2)ccc1NC(=O)c1ccccc1. The zero-order valence-electron chi connectivity index (χ0n) is 19.1. The summed E-state index contributed by atoms with van der Waals surface area (Å²) in [5.41, 5.74) is 3.27. The van der Waals surface area contributed by atoms with Gasteiger partial charge >= 0.3 is 0 Å². The van der Waals surface area contributed by atoms with Gasteiger partial charge in [0.15, 0.2) is 5.11 Å². The summed E-state index contributed by atoms with van der Waals surface area (Å²) in [4.78, 5) is 25.0. The predicted octanol–water partition coefficient (Wildman–Crippen LogP) is 6.17. The first kappa shape index (κ1) is 25.4. The minimum Gasteiger partial charge on any atom is -0.492 e. The number of nitrogens with one attached hydrogen (secondary N) is 3. The maximum Gasteiger partial charge on any atom is 0.257 e. The Bertz CT molecular complexity index is 1200. The van der Waals surface area contributed by atoms with Gasteiger partial charge < -0.3 is 15.4 Å². The second-order valence-electron chi connectivity index (χ2n) is 8.11. The van der Waals surface area contributed by atoms with E-state index in [9.17, 15) is 9.59 Å². The molecule has 3 N–H and O–H groups in total. The molecule has 0 spiro atoms. The predicted molar refractivity (Wildman–Crippen MR) is 144 cm³/mol. The second kappa shape index (κ2) is 11.8. The zero-order valence-corrected chi connectivity index (χ0v) is 21.5. The van der Waals surface area contributed by atoms with E-state index in [1.807, 2.05) is 31.2 Å². The van der Waals surface area contributed by atoms with Crippen LogP contribution in [0.2, 0.25) is 0 Å². The van der Waals surface area contributed by atoms with Gasteiger partial charge in [0.2, 0.25) is 0 Å². The topological polar surface area (TPSA) is 79.5 Å². The lowest BCUT2D eigenvalue weighted by Gasteiger charge is -2.14. The van der Waals surface area contributed by atoms with E-state index in [4.69, 9.17) is 17.0 Å². The molecule has 3 rings (SSSR count). The Labute approximate surface area is 213 Å². The molecular formula is C26H26BrN3O3S. The third kappa shape index (κ3) is 7.13. The molecule has 0 radical (unpaired) electrons. The first-order chi connectivity index (χ1) is 16.2. The lowest BCUT2D eigenvalue weighted by Crippen LogP contribution is -2.34. The van der Waals surface area contributed by atoms with E-state index < -0.39 is 0 Å². The number of carbonyl (C=O) groups excluding carboxylic acids is 2. The van der Waals surface area contributed by atoms with E-state index in [2.05, 4.69) is 45.7 Å². The molecule has 3 aromatic rings. The van der Waals surface area contributed by atoms with Gasteiger partial charge in [-0.3, -0.25) is 14.9 Å². The van der Waals surface area contributed by atoms with Gasteiger partial charge in [0, 0.05) is 22.5 Å². The molecule has 0 saturated heterocycles. The van der Waals surface area contributed by atoms with Crippen molar-refractivity contribution >= 4 is 56.4 Å². The molecule has 0 aromatic heterocycles. The molecule has 0 heterocycles. The minimum atomic E-state index is -0.336. The Morgan fingerprint density at radius 2 is 1.68 bits per heavy atom. The maximum absolute atomic E-state index is 12.6. The highest BCUT2D eigenvalue weighted by Gasteiger charge is 2.12. The molecule has 0 aliphatic rings. The van der Waals surface area contributed by atoms with Crippen LogP contribution in [0.3, 0.4) is 0 Å². The van der Waals surface area contributed by atoms with Crippen molar-refractivity contribution in [1.82, 2.24) is 5.32 Å². The van der Waals surface area contributed by atoms with E-state index in [1.165, 1.54) is 0 Å². The lowest BCUT2D eigenvalue weighted by molar-refractivity contribution is 0.0976. The van der Waals surface area contributed by atoms with Crippen LogP contribution in [0.5, 0.6) is 5.75 Å². The molecule has 0 fully saturated rings. The Morgan fingerprint density at radius 1 is 0.941 bits per heavy atom. The lowest BCUT2D eigenvalue weighted by atomic mass is 10.1. The summed E-state index contributed by atoms with van der Waals surface area (Å²) in [7, 11) is 0. The number of thiocarbonyl (C=S) groups is 1. The third-order valence-electron chi connectivity index (χ3n) is 4.76. The van der Waals surface area contributed by atoms with Crippen molar-refractivity contribution in [2.24, 2.45) is 5.92 Å². The van der Waals surface area contributed by atoms with Crippen molar-refractivity contribution in [2.45, 2.75) is 20.8 Å². The Morgan fingerprint density at radius 3 is 2.32 bits per heavy atom. The van der Waals surface area contributed by atoms with Crippen molar-refractivity contribution in [2.75, 3.05) is 17.2 Å². The summed E-state index contributed by atoms with van der Waals surface area (Å²) in [5, 5.41) is 8.75. The van der Waals surface area contributed by atoms with Crippen LogP contribution in [0.25, 0.3) is 0 Å². The number of aryl methyl sites for hydroxylation is 1. The van der Waals surface area contributed by atoms with Gasteiger partial charge in [-0.15, -0.1) is 0 Å².